The molecule has 1 fully saturated rings. The lowest BCUT2D eigenvalue weighted by atomic mass is 9.80. The predicted molar refractivity (Wildman–Crippen MR) is 81.9 cm³/mol. The van der Waals surface area contributed by atoms with E-state index in [0.29, 0.717) is 25.1 Å². The number of rotatable bonds is 6. The molecular weight excluding hydrogens is 250 g/mol. The van der Waals surface area contributed by atoms with Crippen LogP contribution in [0.2, 0.25) is 0 Å². The van der Waals surface area contributed by atoms with Gasteiger partial charge in [-0.3, -0.25) is 0 Å². The average molecular weight is 277 g/mol. The van der Waals surface area contributed by atoms with E-state index in [2.05, 4.69) is 19.2 Å². The highest BCUT2D eigenvalue weighted by Gasteiger charge is 2.25. The molecule has 1 saturated carbocycles. The fraction of sp³-hybridized carbons (Fsp3) is 0.647. The number of aliphatic hydroxyl groups excluding tert-OH is 1. The third-order valence-corrected chi connectivity index (χ3v) is 4.23. The Hall–Kier alpha value is -1.06. The number of para-hydroxylation sites is 1. The second-order valence-corrected chi connectivity index (χ2v) is 6.19. The zero-order chi connectivity index (χ0) is 14.4. The van der Waals surface area contributed by atoms with Crippen LogP contribution in [-0.2, 0) is 0 Å². The summed E-state index contributed by atoms with van der Waals surface area (Å²) in [6.45, 7) is 5.58. The highest BCUT2D eigenvalue weighted by Crippen LogP contribution is 2.28. The number of ether oxygens (including phenoxy) is 1. The number of hydrogen-bond donors (Lipinski definition) is 2. The molecule has 4 unspecified atom stereocenters. The molecule has 1 aromatic rings. The molecule has 0 bridgehead atoms. The molecule has 20 heavy (non-hydrogen) atoms. The van der Waals surface area contributed by atoms with Crippen molar-refractivity contribution in [3.63, 3.8) is 0 Å². The van der Waals surface area contributed by atoms with E-state index in [1.807, 2.05) is 30.3 Å². The average Bonchev–Trinajstić information content (AvgIpc) is 2.45. The Morgan fingerprint density at radius 2 is 2.00 bits per heavy atom. The summed E-state index contributed by atoms with van der Waals surface area (Å²) in [5.41, 5.74) is 0. The summed E-state index contributed by atoms with van der Waals surface area (Å²) >= 11 is 0. The first-order valence-corrected chi connectivity index (χ1v) is 7.74. The Labute approximate surface area is 122 Å². The third kappa shape index (κ3) is 4.80. The molecule has 2 N–H and O–H groups in total. The third-order valence-electron chi connectivity index (χ3n) is 4.23. The number of aliphatic hydroxyl groups is 1. The van der Waals surface area contributed by atoms with E-state index in [-0.39, 0.29) is 0 Å². The van der Waals surface area contributed by atoms with Crippen molar-refractivity contribution < 1.29 is 9.84 Å². The maximum atomic E-state index is 9.99. The maximum absolute atomic E-state index is 9.99. The van der Waals surface area contributed by atoms with Crippen LogP contribution in [0.1, 0.15) is 33.1 Å². The van der Waals surface area contributed by atoms with Crippen LogP contribution in [0.4, 0.5) is 0 Å². The normalized spacial score (nSPS) is 28.1. The molecule has 2 rings (SSSR count). The topological polar surface area (TPSA) is 41.5 Å². The molecule has 0 saturated heterocycles. The standard InChI is InChI=1S/C17H27NO2/c1-13-8-9-17(14(2)10-13)18-11-15(19)12-20-16-6-4-3-5-7-16/h3-7,13-15,17-19H,8-12H2,1-2H3. The highest BCUT2D eigenvalue weighted by molar-refractivity contribution is 5.20. The fourth-order valence-electron chi connectivity index (χ4n) is 3.02. The van der Waals surface area contributed by atoms with E-state index in [0.717, 1.165) is 11.7 Å². The van der Waals surface area contributed by atoms with Crippen molar-refractivity contribution in [3.05, 3.63) is 30.3 Å². The van der Waals surface area contributed by atoms with Crippen molar-refractivity contribution in [3.8, 4) is 5.75 Å². The van der Waals surface area contributed by atoms with Gasteiger partial charge in [0.15, 0.2) is 0 Å². The van der Waals surface area contributed by atoms with Crippen LogP contribution in [0.3, 0.4) is 0 Å². The monoisotopic (exact) mass is 277 g/mol. The zero-order valence-corrected chi connectivity index (χ0v) is 12.6. The van der Waals surface area contributed by atoms with Gasteiger partial charge in [-0.2, -0.15) is 0 Å². The summed E-state index contributed by atoms with van der Waals surface area (Å²) in [5, 5.41) is 13.5. The van der Waals surface area contributed by atoms with Gasteiger partial charge in [0.25, 0.3) is 0 Å². The molecule has 0 heterocycles. The molecule has 3 nitrogen and oxygen atoms in total. The molecule has 0 aromatic heterocycles. The van der Waals surface area contributed by atoms with E-state index in [9.17, 15) is 5.11 Å². The molecular formula is C17H27NO2. The summed E-state index contributed by atoms with van der Waals surface area (Å²) in [4.78, 5) is 0. The van der Waals surface area contributed by atoms with E-state index in [1.54, 1.807) is 0 Å². The van der Waals surface area contributed by atoms with Gasteiger partial charge < -0.3 is 15.2 Å². The first-order chi connectivity index (χ1) is 9.65. The highest BCUT2D eigenvalue weighted by atomic mass is 16.5. The van der Waals surface area contributed by atoms with Gasteiger partial charge in [0, 0.05) is 12.6 Å². The van der Waals surface area contributed by atoms with E-state index in [4.69, 9.17) is 4.74 Å². The van der Waals surface area contributed by atoms with Gasteiger partial charge in [0.2, 0.25) is 0 Å². The molecule has 4 atom stereocenters. The van der Waals surface area contributed by atoms with Crippen molar-refractivity contribution in [2.75, 3.05) is 13.2 Å². The van der Waals surface area contributed by atoms with E-state index >= 15 is 0 Å². The summed E-state index contributed by atoms with van der Waals surface area (Å²) in [6, 6.07) is 10.2. The van der Waals surface area contributed by atoms with Gasteiger partial charge >= 0.3 is 0 Å². The number of nitrogens with one attached hydrogen (secondary N) is 1. The lowest BCUT2D eigenvalue weighted by Crippen LogP contribution is -2.43. The van der Waals surface area contributed by atoms with Gasteiger partial charge in [0.05, 0.1) is 0 Å². The zero-order valence-electron chi connectivity index (χ0n) is 12.6. The molecule has 1 aliphatic rings. The molecule has 3 heteroatoms. The minimum Gasteiger partial charge on any atom is -0.491 e. The SMILES string of the molecule is CC1CCC(NCC(O)COc2ccccc2)C(C)C1. The second-order valence-electron chi connectivity index (χ2n) is 6.19. The van der Waals surface area contributed by atoms with Gasteiger partial charge in [0.1, 0.15) is 18.5 Å². The van der Waals surface area contributed by atoms with Crippen molar-refractivity contribution in [2.24, 2.45) is 11.8 Å². The lowest BCUT2D eigenvalue weighted by molar-refractivity contribution is 0.0965. The van der Waals surface area contributed by atoms with Crippen molar-refractivity contribution >= 4 is 0 Å². The Morgan fingerprint density at radius 1 is 1.25 bits per heavy atom. The minimum atomic E-state index is -0.457. The van der Waals surface area contributed by atoms with Crippen molar-refractivity contribution in [1.29, 1.82) is 0 Å². The van der Waals surface area contributed by atoms with Gasteiger partial charge in [-0.1, -0.05) is 32.0 Å². The molecule has 112 valence electrons. The van der Waals surface area contributed by atoms with Crippen LogP contribution in [0.25, 0.3) is 0 Å². The van der Waals surface area contributed by atoms with Crippen LogP contribution in [0, 0.1) is 11.8 Å². The van der Waals surface area contributed by atoms with Gasteiger partial charge in [-0.15, -0.1) is 0 Å². The quantitative estimate of drug-likeness (QED) is 0.840. The molecule has 0 aliphatic heterocycles. The Balaban J connectivity index is 1.66. The molecule has 1 aliphatic carbocycles. The summed E-state index contributed by atoms with van der Waals surface area (Å²) in [7, 11) is 0. The van der Waals surface area contributed by atoms with Crippen molar-refractivity contribution in [2.45, 2.75) is 45.3 Å². The van der Waals surface area contributed by atoms with Crippen molar-refractivity contribution in [1.82, 2.24) is 5.32 Å². The summed E-state index contributed by atoms with van der Waals surface area (Å²) in [6.07, 6.45) is 3.34. The van der Waals surface area contributed by atoms with Gasteiger partial charge in [-0.05, 0) is 43.2 Å². The second kappa shape index (κ2) is 7.65. The minimum absolute atomic E-state index is 0.342. The number of benzene rings is 1. The fourth-order valence-corrected chi connectivity index (χ4v) is 3.02. The molecule has 1 aromatic carbocycles. The lowest BCUT2D eigenvalue weighted by Gasteiger charge is -2.33. The Bertz CT molecular complexity index is 382. The molecule has 0 amide bonds. The van der Waals surface area contributed by atoms with Crippen LogP contribution < -0.4 is 10.1 Å². The first kappa shape index (κ1) is 15.3. The molecule has 0 spiro atoms. The number of hydrogen-bond acceptors (Lipinski definition) is 3. The Morgan fingerprint density at radius 3 is 2.70 bits per heavy atom. The largest absolute Gasteiger partial charge is 0.491 e. The van der Waals surface area contributed by atoms with Crippen LogP contribution in [-0.4, -0.2) is 30.4 Å². The molecule has 0 radical (unpaired) electrons. The maximum Gasteiger partial charge on any atom is 0.119 e. The van der Waals surface area contributed by atoms with Gasteiger partial charge in [-0.25, -0.2) is 0 Å². The van der Waals surface area contributed by atoms with Crippen LogP contribution in [0.15, 0.2) is 30.3 Å². The summed E-state index contributed by atoms with van der Waals surface area (Å²) < 4.78 is 5.56. The van der Waals surface area contributed by atoms with E-state index in [1.165, 1.54) is 19.3 Å². The van der Waals surface area contributed by atoms with Crippen LogP contribution >= 0.6 is 0 Å². The first-order valence-electron chi connectivity index (χ1n) is 7.74. The van der Waals surface area contributed by atoms with E-state index < -0.39 is 6.10 Å². The predicted octanol–water partition coefficient (Wildman–Crippen LogP) is 2.84. The summed E-state index contributed by atoms with van der Waals surface area (Å²) in [5.74, 6) is 2.35. The van der Waals surface area contributed by atoms with Crippen LogP contribution in [0.5, 0.6) is 5.75 Å². The Kier molecular flexibility index (Phi) is 5.86. The smallest absolute Gasteiger partial charge is 0.119 e.